The summed E-state index contributed by atoms with van der Waals surface area (Å²) < 4.78 is 15.5. The van der Waals surface area contributed by atoms with Crippen LogP contribution in [0.3, 0.4) is 0 Å². The number of carbonyl (C=O) groups is 2. The van der Waals surface area contributed by atoms with Gasteiger partial charge in [-0.2, -0.15) is 0 Å². The predicted molar refractivity (Wildman–Crippen MR) is 90.1 cm³/mol. The van der Waals surface area contributed by atoms with Crippen LogP contribution in [0.5, 0.6) is 11.5 Å². The van der Waals surface area contributed by atoms with Crippen LogP contribution in [0.25, 0.3) is 0 Å². The van der Waals surface area contributed by atoms with E-state index in [9.17, 15) is 9.59 Å². The molecule has 1 N–H and O–H groups in total. The Morgan fingerprint density at radius 1 is 1.29 bits per heavy atom. The third-order valence-corrected chi connectivity index (χ3v) is 4.93. The fourth-order valence-electron chi connectivity index (χ4n) is 2.56. The molecule has 0 radical (unpaired) electrons. The van der Waals surface area contributed by atoms with Gasteiger partial charge in [0.1, 0.15) is 5.00 Å². The van der Waals surface area contributed by atoms with Crippen molar-refractivity contribution in [2.75, 3.05) is 19.2 Å². The number of fused-ring (bicyclic) bond motifs is 1. The van der Waals surface area contributed by atoms with E-state index in [1.807, 2.05) is 25.1 Å². The van der Waals surface area contributed by atoms with Crippen molar-refractivity contribution in [3.8, 4) is 11.5 Å². The summed E-state index contributed by atoms with van der Waals surface area (Å²) in [7, 11) is 1.33. The molecule has 0 saturated heterocycles. The number of nitrogens with one attached hydrogen (secondary N) is 1. The first-order valence-corrected chi connectivity index (χ1v) is 8.18. The Balaban J connectivity index is 1.94. The highest BCUT2D eigenvalue weighted by Crippen LogP contribution is 2.37. The molecule has 0 atom stereocenters. The van der Waals surface area contributed by atoms with Crippen LogP contribution in [-0.4, -0.2) is 25.8 Å². The molecule has 6 nitrogen and oxygen atoms in total. The van der Waals surface area contributed by atoms with E-state index in [0.717, 1.165) is 27.5 Å². The van der Waals surface area contributed by atoms with Crippen LogP contribution in [-0.2, 0) is 16.0 Å². The zero-order valence-electron chi connectivity index (χ0n) is 13.6. The Labute approximate surface area is 143 Å². The number of esters is 1. The van der Waals surface area contributed by atoms with Gasteiger partial charge in [-0.3, -0.25) is 4.79 Å². The zero-order chi connectivity index (χ0) is 17.3. The number of benzene rings is 1. The molecule has 1 aromatic carbocycles. The number of carbonyl (C=O) groups excluding carboxylic acids is 2. The molecule has 0 saturated carbocycles. The van der Waals surface area contributed by atoms with Gasteiger partial charge in [0.2, 0.25) is 12.7 Å². The Kier molecular flexibility index (Phi) is 4.44. The fourth-order valence-corrected chi connectivity index (χ4v) is 3.83. The van der Waals surface area contributed by atoms with Gasteiger partial charge >= 0.3 is 5.97 Å². The lowest BCUT2D eigenvalue weighted by Crippen LogP contribution is -2.10. The SMILES string of the molecule is COC(=O)c1c(NC(C)=O)sc(Cc2ccc3c(c2)OCO3)c1C. The summed E-state index contributed by atoms with van der Waals surface area (Å²) in [6, 6.07) is 5.76. The van der Waals surface area contributed by atoms with Crippen molar-refractivity contribution < 1.29 is 23.8 Å². The highest BCUT2D eigenvalue weighted by Gasteiger charge is 2.23. The number of thiophene rings is 1. The molecule has 24 heavy (non-hydrogen) atoms. The summed E-state index contributed by atoms with van der Waals surface area (Å²) in [5, 5.41) is 3.23. The van der Waals surface area contributed by atoms with Crippen molar-refractivity contribution in [3.63, 3.8) is 0 Å². The van der Waals surface area contributed by atoms with Gasteiger partial charge in [-0.25, -0.2) is 4.79 Å². The number of anilines is 1. The molecule has 1 amide bonds. The largest absolute Gasteiger partial charge is 0.465 e. The summed E-state index contributed by atoms with van der Waals surface area (Å²) >= 11 is 1.38. The maximum Gasteiger partial charge on any atom is 0.341 e. The summed E-state index contributed by atoms with van der Waals surface area (Å²) in [5.41, 5.74) is 2.26. The van der Waals surface area contributed by atoms with E-state index in [2.05, 4.69) is 5.32 Å². The number of methoxy groups -OCH3 is 1. The van der Waals surface area contributed by atoms with Crippen LogP contribution in [0.15, 0.2) is 18.2 Å². The molecular weight excluding hydrogens is 330 g/mol. The van der Waals surface area contributed by atoms with Crippen LogP contribution in [0.4, 0.5) is 5.00 Å². The zero-order valence-corrected chi connectivity index (χ0v) is 14.4. The van der Waals surface area contributed by atoms with Gasteiger partial charge < -0.3 is 19.5 Å². The smallest absolute Gasteiger partial charge is 0.341 e. The average Bonchev–Trinajstić information content (AvgIpc) is 3.11. The molecule has 2 heterocycles. The first-order valence-electron chi connectivity index (χ1n) is 7.36. The Morgan fingerprint density at radius 2 is 2.04 bits per heavy atom. The van der Waals surface area contributed by atoms with Crippen LogP contribution in [0.2, 0.25) is 0 Å². The minimum atomic E-state index is -0.454. The highest BCUT2D eigenvalue weighted by molar-refractivity contribution is 7.17. The summed E-state index contributed by atoms with van der Waals surface area (Å²) in [5.74, 6) is 0.772. The molecule has 0 fully saturated rings. The van der Waals surface area contributed by atoms with Crippen molar-refractivity contribution in [2.45, 2.75) is 20.3 Å². The molecule has 0 unspecified atom stereocenters. The number of hydrogen-bond donors (Lipinski definition) is 1. The van der Waals surface area contributed by atoms with E-state index in [1.54, 1.807) is 0 Å². The average molecular weight is 347 g/mol. The molecule has 0 aliphatic carbocycles. The van der Waals surface area contributed by atoms with Gasteiger partial charge in [0.15, 0.2) is 11.5 Å². The minimum absolute atomic E-state index is 0.226. The molecule has 7 heteroatoms. The van der Waals surface area contributed by atoms with E-state index >= 15 is 0 Å². The van der Waals surface area contributed by atoms with Crippen LogP contribution in [0.1, 0.15) is 33.3 Å². The van der Waals surface area contributed by atoms with Gasteiger partial charge in [0, 0.05) is 18.2 Å². The molecular formula is C17H17NO5S. The third kappa shape index (κ3) is 3.07. The Morgan fingerprint density at radius 3 is 2.75 bits per heavy atom. The van der Waals surface area contributed by atoms with Crippen LogP contribution < -0.4 is 14.8 Å². The summed E-state index contributed by atoms with van der Waals surface area (Å²) in [6.07, 6.45) is 0.622. The molecule has 1 aromatic heterocycles. The number of hydrogen-bond acceptors (Lipinski definition) is 6. The second kappa shape index (κ2) is 6.52. The van der Waals surface area contributed by atoms with Gasteiger partial charge in [-0.1, -0.05) is 6.07 Å². The molecule has 3 rings (SSSR count). The summed E-state index contributed by atoms with van der Waals surface area (Å²) in [6.45, 7) is 3.50. The number of ether oxygens (including phenoxy) is 3. The second-order valence-corrected chi connectivity index (χ2v) is 6.50. The van der Waals surface area contributed by atoms with Crippen LogP contribution in [0, 0.1) is 6.92 Å². The molecule has 126 valence electrons. The molecule has 1 aliphatic rings. The van der Waals surface area contributed by atoms with Gasteiger partial charge in [-0.15, -0.1) is 11.3 Å². The maximum absolute atomic E-state index is 12.1. The van der Waals surface area contributed by atoms with E-state index < -0.39 is 5.97 Å². The van der Waals surface area contributed by atoms with Gasteiger partial charge in [-0.05, 0) is 30.2 Å². The predicted octanol–water partition coefficient (Wildman–Crippen LogP) is 3.12. The lowest BCUT2D eigenvalue weighted by Gasteiger charge is -2.04. The maximum atomic E-state index is 12.1. The van der Waals surface area contributed by atoms with Crippen molar-refractivity contribution in [1.82, 2.24) is 0 Å². The second-order valence-electron chi connectivity index (χ2n) is 5.39. The van der Waals surface area contributed by atoms with E-state index in [0.29, 0.717) is 17.0 Å². The molecule has 0 spiro atoms. The fraction of sp³-hybridized carbons (Fsp3) is 0.294. The molecule has 1 aliphatic heterocycles. The topological polar surface area (TPSA) is 73.9 Å². The first-order chi connectivity index (χ1) is 11.5. The minimum Gasteiger partial charge on any atom is -0.465 e. The lowest BCUT2D eigenvalue weighted by molar-refractivity contribution is -0.114. The normalized spacial score (nSPS) is 12.1. The molecule has 0 bridgehead atoms. The lowest BCUT2D eigenvalue weighted by atomic mass is 10.1. The van der Waals surface area contributed by atoms with Gasteiger partial charge in [0.25, 0.3) is 0 Å². The number of amides is 1. The van der Waals surface area contributed by atoms with Crippen molar-refractivity contribution >= 4 is 28.2 Å². The number of rotatable bonds is 4. The molecule has 2 aromatic rings. The van der Waals surface area contributed by atoms with Crippen LogP contribution >= 0.6 is 11.3 Å². The Bertz CT molecular complexity index is 812. The monoisotopic (exact) mass is 347 g/mol. The quantitative estimate of drug-likeness (QED) is 0.860. The highest BCUT2D eigenvalue weighted by atomic mass is 32.1. The third-order valence-electron chi connectivity index (χ3n) is 3.73. The van der Waals surface area contributed by atoms with Crippen molar-refractivity contribution in [2.24, 2.45) is 0 Å². The van der Waals surface area contributed by atoms with Gasteiger partial charge in [0.05, 0.1) is 12.7 Å². The standard InChI is InChI=1S/C17H17NO5S/c1-9-14(7-11-4-5-12-13(6-11)23-8-22-12)24-16(18-10(2)19)15(9)17(20)21-3/h4-6H,7-8H2,1-3H3,(H,18,19). The Hall–Kier alpha value is -2.54. The van der Waals surface area contributed by atoms with Crippen molar-refractivity contribution in [3.05, 3.63) is 39.8 Å². The van der Waals surface area contributed by atoms with E-state index in [1.165, 1.54) is 25.4 Å². The van der Waals surface area contributed by atoms with E-state index in [-0.39, 0.29) is 12.7 Å². The first kappa shape index (κ1) is 16.3. The van der Waals surface area contributed by atoms with E-state index in [4.69, 9.17) is 14.2 Å². The summed E-state index contributed by atoms with van der Waals surface area (Å²) in [4.78, 5) is 24.4. The van der Waals surface area contributed by atoms with Crippen molar-refractivity contribution in [1.29, 1.82) is 0 Å².